The largest absolute Gasteiger partial charge is 0.394 e. The SMILES string of the molecule is OC[C@H]1O[C@@H](n2cnc3ccc(Cl)nc32)[C@H](O)[C@@H]1O. The summed E-state index contributed by atoms with van der Waals surface area (Å²) in [7, 11) is 0. The monoisotopic (exact) mass is 285 g/mol. The standard InChI is InChI=1S/C11H12ClN3O4/c12-7-2-1-5-10(14-7)15(4-13-5)11-9(18)8(17)6(3-16)19-11/h1-2,4,6,8-9,11,16-18H,3H2/t6-,8-,9-,11-/m1/s1. The van der Waals surface area contributed by atoms with E-state index in [9.17, 15) is 10.2 Å². The van der Waals surface area contributed by atoms with Crippen molar-refractivity contribution in [3.63, 3.8) is 0 Å². The lowest BCUT2D eigenvalue weighted by molar-refractivity contribution is -0.0511. The fourth-order valence-electron chi connectivity index (χ4n) is 2.18. The first kappa shape index (κ1) is 12.8. The van der Waals surface area contributed by atoms with Gasteiger partial charge in [0.1, 0.15) is 29.0 Å². The zero-order valence-corrected chi connectivity index (χ0v) is 10.5. The van der Waals surface area contributed by atoms with Crippen molar-refractivity contribution in [2.75, 3.05) is 6.61 Å². The first-order chi connectivity index (χ1) is 9.11. The Morgan fingerprint density at radius 2 is 2.11 bits per heavy atom. The minimum absolute atomic E-state index is 0.293. The van der Waals surface area contributed by atoms with Crippen LogP contribution in [0.1, 0.15) is 6.23 Å². The molecule has 2 aromatic rings. The summed E-state index contributed by atoms with van der Waals surface area (Å²) in [6.07, 6.45) is -2.57. The topological polar surface area (TPSA) is 101 Å². The van der Waals surface area contributed by atoms with Crippen molar-refractivity contribution in [2.24, 2.45) is 0 Å². The van der Waals surface area contributed by atoms with Crippen LogP contribution in [0.25, 0.3) is 11.2 Å². The van der Waals surface area contributed by atoms with Gasteiger partial charge >= 0.3 is 0 Å². The Labute approximate surface area is 113 Å². The number of halogens is 1. The second kappa shape index (κ2) is 4.69. The summed E-state index contributed by atoms with van der Waals surface area (Å²) in [6, 6.07) is 3.31. The van der Waals surface area contributed by atoms with Gasteiger partial charge in [0.15, 0.2) is 11.9 Å². The fraction of sp³-hybridized carbons (Fsp3) is 0.455. The lowest BCUT2D eigenvalue weighted by atomic mass is 10.1. The number of imidazole rings is 1. The number of aliphatic hydroxyl groups is 3. The molecule has 0 radical (unpaired) electrons. The highest BCUT2D eigenvalue weighted by atomic mass is 35.5. The molecule has 8 heteroatoms. The Morgan fingerprint density at radius 3 is 2.79 bits per heavy atom. The predicted molar refractivity (Wildman–Crippen MR) is 65.5 cm³/mol. The van der Waals surface area contributed by atoms with E-state index in [0.717, 1.165) is 0 Å². The van der Waals surface area contributed by atoms with Gasteiger partial charge in [-0.15, -0.1) is 0 Å². The molecule has 0 spiro atoms. The van der Waals surface area contributed by atoms with Crippen LogP contribution in [0, 0.1) is 0 Å². The highest BCUT2D eigenvalue weighted by Gasteiger charge is 2.43. The quantitative estimate of drug-likeness (QED) is 0.655. The molecule has 1 saturated heterocycles. The molecule has 0 bridgehead atoms. The molecule has 102 valence electrons. The third-order valence-corrected chi connectivity index (χ3v) is 3.39. The normalized spacial score (nSPS) is 31.2. The molecule has 3 N–H and O–H groups in total. The smallest absolute Gasteiger partial charge is 0.165 e. The van der Waals surface area contributed by atoms with E-state index in [1.165, 1.54) is 10.9 Å². The van der Waals surface area contributed by atoms with E-state index in [1.807, 2.05) is 0 Å². The molecule has 0 unspecified atom stereocenters. The van der Waals surface area contributed by atoms with E-state index in [0.29, 0.717) is 16.3 Å². The number of aromatic nitrogens is 3. The number of nitrogens with zero attached hydrogens (tertiary/aromatic N) is 3. The molecule has 1 aliphatic rings. The molecule has 0 aliphatic carbocycles. The molecule has 0 amide bonds. The van der Waals surface area contributed by atoms with Gasteiger partial charge in [-0.25, -0.2) is 9.97 Å². The number of fused-ring (bicyclic) bond motifs is 1. The Bertz CT molecular complexity index is 605. The highest BCUT2D eigenvalue weighted by Crippen LogP contribution is 2.31. The van der Waals surface area contributed by atoms with Crippen molar-refractivity contribution in [3.05, 3.63) is 23.6 Å². The van der Waals surface area contributed by atoms with Crippen LogP contribution < -0.4 is 0 Å². The van der Waals surface area contributed by atoms with Gasteiger partial charge in [0, 0.05) is 0 Å². The number of ether oxygens (including phenoxy) is 1. The zero-order valence-electron chi connectivity index (χ0n) is 9.72. The molecule has 7 nitrogen and oxygen atoms in total. The summed E-state index contributed by atoms with van der Waals surface area (Å²) >= 11 is 5.83. The maximum Gasteiger partial charge on any atom is 0.165 e. The summed E-state index contributed by atoms with van der Waals surface area (Å²) in [5, 5.41) is 29.1. The molecule has 0 saturated carbocycles. The van der Waals surface area contributed by atoms with Gasteiger partial charge < -0.3 is 20.1 Å². The second-order valence-electron chi connectivity index (χ2n) is 4.36. The van der Waals surface area contributed by atoms with Gasteiger partial charge in [0.25, 0.3) is 0 Å². The van der Waals surface area contributed by atoms with Gasteiger partial charge in [-0.3, -0.25) is 4.57 Å². The lowest BCUT2D eigenvalue weighted by Gasteiger charge is -2.16. The second-order valence-corrected chi connectivity index (χ2v) is 4.74. The van der Waals surface area contributed by atoms with E-state index in [1.54, 1.807) is 12.1 Å². The maximum atomic E-state index is 9.96. The Morgan fingerprint density at radius 1 is 1.32 bits per heavy atom. The maximum absolute atomic E-state index is 9.96. The molecule has 1 fully saturated rings. The Hall–Kier alpha value is -1.25. The van der Waals surface area contributed by atoms with Crippen LogP contribution in [0.4, 0.5) is 0 Å². The van der Waals surface area contributed by atoms with Crippen LogP contribution in [0.15, 0.2) is 18.5 Å². The average Bonchev–Trinajstić information content (AvgIpc) is 2.92. The van der Waals surface area contributed by atoms with Crippen molar-refractivity contribution in [2.45, 2.75) is 24.5 Å². The number of hydrogen-bond acceptors (Lipinski definition) is 6. The first-order valence-corrected chi connectivity index (χ1v) is 6.11. The minimum Gasteiger partial charge on any atom is -0.394 e. The molecule has 3 heterocycles. The van der Waals surface area contributed by atoms with Crippen LogP contribution in [0.3, 0.4) is 0 Å². The van der Waals surface area contributed by atoms with Crippen molar-refractivity contribution in [1.29, 1.82) is 0 Å². The first-order valence-electron chi connectivity index (χ1n) is 5.73. The van der Waals surface area contributed by atoms with E-state index in [4.69, 9.17) is 21.4 Å². The number of hydrogen-bond donors (Lipinski definition) is 3. The van der Waals surface area contributed by atoms with Gasteiger partial charge in [0.05, 0.1) is 12.9 Å². The molecular weight excluding hydrogens is 274 g/mol. The number of rotatable bonds is 2. The molecule has 3 rings (SSSR count). The van der Waals surface area contributed by atoms with Gasteiger partial charge in [-0.05, 0) is 12.1 Å². The summed E-state index contributed by atoms with van der Waals surface area (Å²) < 4.78 is 6.91. The molecule has 2 aromatic heterocycles. The van der Waals surface area contributed by atoms with Crippen molar-refractivity contribution >= 4 is 22.8 Å². The van der Waals surface area contributed by atoms with Crippen LogP contribution >= 0.6 is 11.6 Å². The third kappa shape index (κ3) is 1.99. The average molecular weight is 286 g/mol. The summed E-state index contributed by atoms with van der Waals surface area (Å²) in [5.74, 6) is 0. The lowest BCUT2D eigenvalue weighted by Crippen LogP contribution is -2.33. The van der Waals surface area contributed by atoms with Crippen LogP contribution in [0.5, 0.6) is 0 Å². The third-order valence-electron chi connectivity index (χ3n) is 3.18. The van der Waals surface area contributed by atoms with Gasteiger partial charge in [0.2, 0.25) is 0 Å². The van der Waals surface area contributed by atoms with E-state index in [-0.39, 0.29) is 6.61 Å². The van der Waals surface area contributed by atoms with Crippen LogP contribution in [0.2, 0.25) is 5.15 Å². The summed E-state index contributed by atoms with van der Waals surface area (Å²) in [5.41, 5.74) is 1.05. The van der Waals surface area contributed by atoms with Crippen LogP contribution in [-0.4, -0.2) is 54.8 Å². The van der Waals surface area contributed by atoms with Crippen molar-refractivity contribution < 1.29 is 20.1 Å². The van der Waals surface area contributed by atoms with Crippen LogP contribution in [-0.2, 0) is 4.74 Å². The molecular formula is C11H12ClN3O4. The van der Waals surface area contributed by atoms with E-state index < -0.39 is 24.5 Å². The fourth-order valence-corrected chi connectivity index (χ4v) is 2.33. The zero-order chi connectivity index (χ0) is 13.6. The number of pyridine rings is 1. The molecule has 0 aromatic carbocycles. The number of aliphatic hydroxyl groups excluding tert-OH is 3. The summed E-state index contributed by atoms with van der Waals surface area (Å²) in [6.45, 7) is -0.379. The molecule has 4 atom stereocenters. The van der Waals surface area contributed by atoms with Crippen molar-refractivity contribution in [1.82, 2.24) is 14.5 Å². The van der Waals surface area contributed by atoms with Gasteiger partial charge in [-0.2, -0.15) is 0 Å². The summed E-state index contributed by atoms with van der Waals surface area (Å²) in [4.78, 5) is 8.24. The highest BCUT2D eigenvalue weighted by molar-refractivity contribution is 6.29. The molecule has 1 aliphatic heterocycles. The predicted octanol–water partition coefficient (Wildman–Crippen LogP) is -0.304. The molecule has 19 heavy (non-hydrogen) atoms. The minimum atomic E-state index is -1.17. The van der Waals surface area contributed by atoms with E-state index in [2.05, 4.69) is 9.97 Å². The van der Waals surface area contributed by atoms with E-state index >= 15 is 0 Å². The van der Waals surface area contributed by atoms with Gasteiger partial charge in [-0.1, -0.05) is 11.6 Å². The van der Waals surface area contributed by atoms with Crippen molar-refractivity contribution in [3.8, 4) is 0 Å². The Kier molecular flexibility index (Phi) is 3.15. The Balaban J connectivity index is 2.03.